The van der Waals surface area contributed by atoms with Crippen molar-refractivity contribution in [3.05, 3.63) is 24.0 Å². The predicted molar refractivity (Wildman–Crippen MR) is 66.5 cm³/mol. The molecule has 0 amide bonds. The molecule has 3 N–H and O–H groups in total. The topological polar surface area (TPSA) is 113 Å². The van der Waals surface area contributed by atoms with Crippen LogP contribution in [0.3, 0.4) is 0 Å². The van der Waals surface area contributed by atoms with Crippen molar-refractivity contribution in [2.75, 3.05) is 6.54 Å². The first kappa shape index (κ1) is 18.2. The van der Waals surface area contributed by atoms with E-state index in [1.54, 1.807) is 4.72 Å². The van der Waals surface area contributed by atoms with Crippen LogP contribution in [-0.4, -0.2) is 43.4 Å². The van der Waals surface area contributed by atoms with E-state index in [2.05, 4.69) is 4.74 Å². The van der Waals surface area contributed by atoms with Crippen LogP contribution >= 0.6 is 0 Å². The number of carboxylic acid groups (broad SMARTS) is 1. The van der Waals surface area contributed by atoms with Crippen LogP contribution < -0.4 is 9.46 Å². The van der Waals surface area contributed by atoms with Crippen molar-refractivity contribution in [3.63, 3.8) is 0 Å². The number of rotatable bonds is 7. The Hall–Kier alpha value is -1.85. The molecule has 0 bridgehead atoms. The third-order valence-electron chi connectivity index (χ3n) is 2.48. The molecule has 0 aliphatic heterocycles. The van der Waals surface area contributed by atoms with Crippen molar-refractivity contribution in [2.24, 2.45) is 0 Å². The lowest BCUT2D eigenvalue weighted by molar-refractivity contribution is -0.155. The van der Waals surface area contributed by atoms with E-state index in [-0.39, 0.29) is 0 Å². The van der Waals surface area contributed by atoms with Gasteiger partial charge in [0.15, 0.2) is 5.60 Å². The summed E-state index contributed by atoms with van der Waals surface area (Å²) >= 11 is 0. The lowest BCUT2D eigenvalue weighted by Gasteiger charge is -2.19. The average molecular weight is 343 g/mol. The number of nitrogens with one attached hydrogen (secondary N) is 1. The number of hydrogen-bond acceptors (Lipinski definition) is 5. The Labute approximate surface area is 123 Å². The third-order valence-corrected chi connectivity index (χ3v) is 3.90. The average Bonchev–Trinajstić information content (AvgIpc) is 2.38. The molecular formula is C11H12F3NO6S. The van der Waals surface area contributed by atoms with Crippen LogP contribution in [0, 0.1) is 5.82 Å². The molecule has 0 fully saturated rings. The van der Waals surface area contributed by atoms with Gasteiger partial charge < -0.3 is 14.9 Å². The molecule has 0 radical (unpaired) electrons. The predicted octanol–water partition coefficient (Wildman–Crippen LogP) is 0.541. The maximum Gasteiger partial charge on any atom is 0.387 e. The molecule has 22 heavy (non-hydrogen) atoms. The van der Waals surface area contributed by atoms with Gasteiger partial charge in [0.1, 0.15) is 16.5 Å². The monoisotopic (exact) mass is 343 g/mol. The van der Waals surface area contributed by atoms with Crippen molar-refractivity contribution < 1.29 is 41.3 Å². The zero-order valence-corrected chi connectivity index (χ0v) is 11.9. The van der Waals surface area contributed by atoms with Gasteiger partial charge in [0, 0.05) is 0 Å². The first-order chi connectivity index (χ1) is 9.95. The molecule has 0 aliphatic rings. The van der Waals surface area contributed by atoms with Gasteiger partial charge in [-0.15, -0.1) is 0 Å². The first-order valence-corrected chi connectivity index (χ1v) is 7.14. The molecule has 0 heterocycles. The number of benzene rings is 1. The van der Waals surface area contributed by atoms with E-state index in [0.29, 0.717) is 18.2 Å². The number of sulfonamides is 1. The molecule has 0 aromatic heterocycles. The Morgan fingerprint density at radius 2 is 2.05 bits per heavy atom. The summed E-state index contributed by atoms with van der Waals surface area (Å²) in [7, 11) is -4.60. The highest BCUT2D eigenvalue weighted by molar-refractivity contribution is 7.89. The number of hydrogen-bond donors (Lipinski definition) is 3. The van der Waals surface area contributed by atoms with Gasteiger partial charge in [-0.1, -0.05) is 0 Å². The number of carbonyl (C=O) groups is 1. The maximum absolute atomic E-state index is 13.1. The van der Waals surface area contributed by atoms with Crippen molar-refractivity contribution in [1.82, 2.24) is 4.72 Å². The highest BCUT2D eigenvalue weighted by atomic mass is 32.2. The fourth-order valence-corrected chi connectivity index (χ4v) is 2.55. The largest absolute Gasteiger partial charge is 0.479 e. The maximum atomic E-state index is 13.1. The lowest BCUT2D eigenvalue weighted by Crippen LogP contribution is -2.46. The van der Waals surface area contributed by atoms with Gasteiger partial charge in [-0.2, -0.15) is 8.78 Å². The number of aliphatic carboxylic acids is 1. The highest BCUT2D eigenvalue weighted by Gasteiger charge is 2.33. The minimum Gasteiger partial charge on any atom is -0.479 e. The normalized spacial score (nSPS) is 14.6. The molecule has 1 unspecified atom stereocenters. The Morgan fingerprint density at radius 1 is 1.45 bits per heavy atom. The summed E-state index contributed by atoms with van der Waals surface area (Å²) in [4.78, 5) is 9.72. The van der Waals surface area contributed by atoms with Gasteiger partial charge in [-0.25, -0.2) is 22.3 Å². The number of alkyl halides is 2. The van der Waals surface area contributed by atoms with Crippen LogP contribution in [0.15, 0.2) is 23.1 Å². The number of carboxylic acids is 1. The fraction of sp³-hybridized carbons (Fsp3) is 0.364. The molecule has 0 saturated heterocycles. The summed E-state index contributed by atoms with van der Waals surface area (Å²) in [5.74, 6) is -3.57. The van der Waals surface area contributed by atoms with Gasteiger partial charge in [0.25, 0.3) is 0 Å². The van der Waals surface area contributed by atoms with Gasteiger partial charge in [-0.3, -0.25) is 0 Å². The van der Waals surface area contributed by atoms with Crippen LogP contribution in [0.25, 0.3) is 0 Å². The second-order valence-corrected chi connectivity index (χ2v) is 6.11. The van der Waals surface area contributed by atoms with Crippen molar-refractivity contribution in [2.45, 2.75) is 24.0 Å². The third kappa shape index (κ3) is 4.58. The molecule has 1 rings (SSSR count). The number of aliphatic hydroxyl groups is 1. The smallest absolute Gasteiger partial charge is 0.387 e. The molecule has 1 aromatic carbocycles. The summed E-state index contributed by atoms with van der Waals surface area (Å²) in [6.07, 6.45) is 0. The zero-order valence-electron chi connectivity index (χ0n) is 11.1. The molecule has 11 heteroatoms. The quantitative estimate of drug-likeness (QED) is 0.666. The number of ether oxygens (including phenoxy) is 1. The van der Waals surface area contributed by atoms with Crippen molar-refractivity contribution in [3.8, 4) is 5.75 Å². The van der Waals surface area contributed by atoms with Crippen LogP contribution in [0.1, 0.15) is 6.92 Å². The zero-order chi connectivity index (χ0) is 17.1. The van der Waals surface area contributed by atoms with E-state index in [1.807, 2.05) is 0 Å². The van der Waals surface area contributed by atoms with Crippen molar-refractivity contribution >= 4 is 16.0 Å². The van der Waals surface area contributed by atoms with E-state index < -0.39 is 51.2 Å². The molecule has 7 nitrogen and oxygen atoms in total. The second kappa shape index (κ2) is 6.50. The Kier molecular flexibility index (Phi) is 5.38. The van der Waals surface area contributed by atoms with E-state index in [9.17, 15) is 31.5 Å². The molecule has 0 spiro atoms. The van der Waals surface area contributed by atoms with Gasteiger partial charge >= 0.3 is 12.6 Å². The van der Waals surface area contributed by atoms with E-state index >= 15 is 0 Å². The molecule has 0 saturated carbocycles. The minimum atomic E-state index is -4.60. The summed E-state index contributed by atoms with van der Waals surface area (Å²) in [5.41, 5.74) is -2.44. The Morgan fingerprint density at radius 3 is 2.55 bits per heavy atom. The second-order valence-electron chi connectivity index (χ2n) is 4.37. The SMILES string of the molecule is CC(O)(CNS(=O)(=O)c1cc(F)ccc1OC(F)F)C(=O)O. The summed E-state index contributed by atoms with van der Waals surface area (Å²) < 4.78 is 67.1. The standard InChI is InChI=1S/C11H12F3NO6S/c1-11(18,9(16)17)5-15-22(19,20)8-4-6(12)2-3-7(8)21-10(13)14/h2-4,10,15,18H,5H2,1H3,(H,16,17). The molecule has 0 aliphatic carbocycles. The van der Waals surface area contributed by atoms with E-state index in [4.69, 9.17) is 5.11 Å². The van der Waals surface area contributed by atoms with Gasteiger partial charge in [-0.05, 0) is 25.1 Å². The molecule has 1 aromatic rings. The van der Waals surface area contributed by atoms with Crippen LogP contribution in [-0.2, 0) is 14.8 Å². The lowest BCUT2D eigenvalue weighted by atomic mass is 10.1. The molecule has 1 atom stereocenters. The molecular weight excluding hydrogens is 331 g/mol. The first-order valence-electron chi connectivity index (χ1n) is 5.65. The fourth-order valence-electron chi connectivity index (χ4n) is 1.27. The number of halogens is 3. The van der Waals surface area contributed by atoms with E-state index in [0.717, 1.165) is 6.92 Å². The van der Waals surface area contributed by atoms with Crippen LogP contribution in [0.4, 0.5) is 13.2 Å². The highest BCUT2D eigenvalue weighted by Crippen LogP contribution is 2.26. The summed E-state index contributed by atoms with van der Waals surface area (Å²) in [6.45, 7) is -3.49. The van der Waals surface area contributed by atoms with Crippen LogP contribution in [0.2, 0.25) is 0 Å². The Balaban J connectivity index is 3.12. The van der Waals surface area contributed by atoms with Crippen LogP contribution in [0.5, 0.6) is 5.75 Å². The summed E-state index contributed by atoms with van der Waals surface area (Å²) in [5, 5.41) is 18.1. The van der Waals surface area contributed by atoms with E-state index in [1.165, 1.54) is 0 Å². The van der Waals surface area contributed by atoms with Gasteiger partial charge in [0.05, 0.1) is 6.54 Å². The minimum absolute atomic E-state index is 0.426. The van der Waals surface area contributed by atoms with Gasteiger partial charge in [0.2, 0.25) is 10.0 Å². The summed E-state index contributed by atoms with van der Waals surface area (Å²) in [6, 6.07) is 1.82. The van der Waals surface area contributed by atoms with Crippen molar-refractivity contribution in [1.29, 1.82) is 0 Å². The Bertz CT molecular complexity index is 662. The molecule has 124 valence electrons.